The largest absolute Gasteiger partial charge is 0.480 e. The van der Waals surface area contributed by atoms with Crippen LogP contribution in [0.3, 0.4) is 0 Å². The molecule has 0 aromatic carbocycles. The molecule has 0 bridgehead atoms. The number of carbonyl (C=O) groups excluding carboxylic acids is 1. The lowest BCUT2D eigenvalue weighted by Crippen LogP contribution is -2.55. The minimum Gasteiger partial charge on any atom is -0.480 e. The summed E-state index contributed by atoms with van der Waals surface area (Å²) in [5, 5.41) is 11.5. The molecule has 1 rings (SSSR count). The zero-order chi connectivity index (χ0) is 12.2. The van der Waals surface area contributed by atoms with Crippen LogP contribution < -0.4 is 5.32 Å². The Hall–Kier alpha value is -1.52. The highest BCUT2D eigenvalue weighted by Gasteiger charge is 2.34. The molecule has 1 aliphatic rings. The van der Waals surface area contributed by atoms with Crippen molar-refractivity contribution in [3.63, 3.8) is 0 Å². The minimum absolute atomic E-state index is 0.158. The van der Waals surface area contributed by atoms with Crippen LogP contribution in [0.2, 0.25) is 0 Å². The Balaban J connectivity index is 2.52. The van der Waals surface area contributed by atoms with E-state index in [1.165, 1.54) is 11.0 Å². The highest BCUT2D eigenvalue weighted by molar-refractivity contribution is 5.80. The third-order valence-electron chi connectivity index (χ3n) is 2.83. The Kier molecular flexibility index (Phi) is 3.93. The van der Waals surface area contributed by atoms with Gasteiger partial charge in [0, 0.05) is 12.1 Å². The summed E-state index contributed by atoms with van der Waals surface area (Å²) in [6, 6.07) is -0.329. The number of carboxylic acids is 1. The predicted octanol–water partition coefficient (Wildman–Crippen LogP) is 1.21. The van der Waals surface area contributed by atoms with Gasteiger partial charge in [0.05, 0.1) is 0 Å². The number of hydrogen-bond acceptors (Lipinski definition) is 2. The number of nitrogens with one attached hydrogen (secondary N) is 1. The van der Waals surface area contributed by atoms with Crippen LogP contribution in [-0.2, 0) is 4.79 Å². The van der Waals surface area contributed by atoms with Crippen molar-refractivity contribution < 1.29 is 14.7 Å². The van der Waals surface area contributed by atoms with Gasteiger partial charge in [-0.15, -0.1) is 6.58 Å². The SMILES string of the molecule is C=CCN(CC(=O)O)C(=O)NC1(C)CCC1. The van der Waals surface area contributed by atoms with Crippen molar-refractivity contribution in [3.05, 3.63) is 12.7 Å². The Morgan fingerprint density at radius 3 is 2.56 bits per heavy atom. The van der Waals surface area contributed by atoms with Crippen LogP contribution in [0.5, 0.6) is 0 Å². The number of nitrogens with zero attached hydrogens (tertiary/aromatic N) is 1. The number of rotatable bonds is 5. The van der Waals surface area contributed by atoms with Gasteiger partial charge in [0.25, 0.3) is 0 Å². The van der Waals surface area contributed by atoms with Crippen LogP contribution in [0, 0.1) is 0 Å². The zero-order valence-electron chi connectivity index (χ0n) is 9.53. The molecule has 0 aromatic rings. The summed E-state index contributed by atoms with van der Waals surface area (Å²) >= 11 is 0. The lowest BCUT2D eigenvalue weighted by molar-refractivity contribution is -0.137. The van der Waals surface area contributed by atoms with Crippen LogP contribution in [0.25, 0.3) is 0 Å². The van der Waals surface area contributed by atoms with E-state index in [9.17, 15) is 9.59 Å². The fourth-order valence-electron chi connectivity index (χ4n) is 1.71. The summed E-state index contributed by atoms with van der Waals surface area (Å²) in [6.07, 6.45) is 4.53. The maximum atomic E-state index is 11.8. The molecule has 1 aliphatic carbocycles. The number of carboxylic acid groups (broad SMARTS) is 1. The van der Waals surface area contributed by atoms with Crippen LogP contribution >= 0.6 is 0 Å². The quantitative estimate of drug-likeness (QED) is 0.692. The monoisotopic (exact) mass is 226 g/mol. The van der Waals surface area contributed by atoms with E-state index in [1.54, 1.807) is 0 Å². The second-order valence-electron chi connectivity index (χ2n) is 4.41. The summed E-state index contributed by atoms with van der Waals surface area (Å²) in [7, 11) is 0. The predicted molar refractivity (Wildman–Crippen MR) is 60.2 cm³/mol. The molecule has 5 heteroatoms. The van der Waals surface area contributed by atoms with Gasteiger partial charge in [0.2, 0.25) is 0 Å². The highest BCUT2D eigenvalue weighted by atomic mass is 16.4. The van der Waals surface area contributed by atoms with E-state index in [4.69, 9.17) is 5.11 Å². The molecule has 0 atom stereocenters. The van der Waals surface area contributed by atoms with Crippen molar-refractivity contribution >= 4 is 12.0 Å². The first-order valence-corrected chi connectivity index (χ1v) is 5.37. The molecule has 16 heavy (non-hydrogen) atoms. The number of aliphatic carboxylic acids is 1. The highest BCUT2D eigenvalue weighted by Crippen LogP contribution is 2.30. The molecule has 5 nitrogen and oxygen atoms in total. The van der Waals surface area contributed by atoms with Crippen LogP contribution in [-0.4, -0.2) is 40.6 Å². The molecular weight excluding hydrogens is 208 g/mol. The summed E-state index contributed by atoms with van der Waals surface area (Å²) < 4.78 is 0. The molecule has 2 amide bonds. The molecule has 2 N–H and O–H groups in total. The van der Waals surface area contributed by atoms with Gasteiger partial charge in [-0.05, 0) is 26.2 Å². The summed E-state index contributed by atoms with van der Waals surface area (Å²) in [4.78, 5) is 23.6. The molecule has 0 aromatic heterocycles. The Bertz CT molecular complexity index is 298. The van der Waals surface area contributed by atoms with Crippen molar-refractivity contribution in [2.75, 3.05) is 13.1 Å². The maximum Gasteiger partial charge on any atom is 0.323 e. The van der Waals surface area contributed by atoms with Gasteiger partial charge in [-0.1, -0.05) is 6.08 Å². The molecular formula is C11H18N2O3. The molecule has 0 heterocycles. The Morgan fingerprint density at radius 2 is 2.19 bits per heavy atom. The van der Waals surface area contributed by atoms with Crippen LogP contribution in [0.15, 0.2) is 12.7 Å². The van der Waals surface area contributed by atoms with E-state index in [0.717, 1.165) is 19.3 Å². The first-order chi connectivity index (χ1) is 7.47. The van der Waals surface area contributed by atoms with Gasteiger partial charge < -0.3 is 15.3 Å². The number of hydrogen-bond donors (Lipinski definition) is 2. The first kappa shape index (κ1) is 12.5. The molecule has 0 radical (unpaired) electrons. The van der Waals surface area contributed by atoms with E-state index in [1.807, 2.05) is 6.92 Å². The molecule has 0 unspecified atom stereocenters. The second kappa shape index (κ2) is 5.01. The zero-order valence-corrected chi connectivity index (χ0v) is 9.53. The topological polar surface area (TPSA) is 69.6 Å². The standard InChI is InChI=1S/C11H18N2O3/c1-3-7-13(8-9(14)15)10(16)12-11(2)5-4-6-11/h3H,1,4-8H2,2H3,(H,12,16)(H,14,15). The van der Waals surface area contributed by atoms with Gasteiger partial charge in [-0.2, -0.15) is 0 Å². The van der Waals surface area contributed by atoms with E-state index in [0.29, 0.717) is 0 Å². The fraction of sp³-hybridized carbons (Fsp3) is 0.636. The van der Waals surface area contributed by atoms with Gasteiger partial charge in [-0.3, -0.25) is 4.79 Å². The smallest absolute Gasteiger partial charge is 0.323 e. The van der Waals surface area contributed by atoms with Crippen molar-refractivity contribution in [2.45, 2.75) is 31.7 Å². The average Bonchev–Trinajstić information content (AvgIpc) is 2.14. The summed E-state index contributed by atoms with van der Waals surface area (Å²) in [5.41, 5.74) is -0.158. The van der Waals surface area contributed by atoms with E-state index in [2.05, 4.69) is 11.9 Å². The third-order valence-corrected chi connectivity index (χ3v) is 2.83. The number of carbonyl (C=O) groups is 2. The van der Waals surface area contributed by atoms with Crippen molar-refractivity contribution in [2.24, 2.45) is 0 Å². The van der Waals surface area contributed by atoms with E-state index >= 15 is 0 Å². The Morgan fingerprint density at radius 1 is 1.56 bits per heavy atom. The second-order valence-corrected chi connectivity index (χ2v) is 4.41. The number of urea groups is 1. The van der Waals surface area contributed by atoms with Crippen molar-refractivity contribution in [1.82, 2.24) is 10.2 Å². The summed E-state index contributed by atoms with van der Waals surface area (Å²) in [6.45, 7) is 5.43. The number of amides is 2. The molecule has 90 valence electrons. The van der Waals surface area contributed by atoms with Gasteiger partial charge >= 0.3 is 12.0 Å². The molecule has 0 saturated heterocycles. The minimum atomic E-state index is -1.02. The van der Waals surface area contributed by atoms with E-state index < -0.39 is 5.97 Å². The Labute approximate surface area is 95.1 Å². The lowest BCUT2D eigenvalue weighted by atomic mass is 9.79. The fourth-order valence-corrected chi connectivity index (χ4v) is 1.71. The van der Waals surface area contributed by atoms with Crippen molar-refractivity contribution in [1.29, 1.82) is 0 Å². The van der Waals surface area contributed by atoms with Crippen LogP contribution in [0.4, 0.5) is 4.79 Å². The first-order valence-electron chi connectivity index (χ1n) is 5.37. The van der Waals surface area contributed by atoms with Gasteiger partial charge in [0.1, 0.15) is 6.54 Å². The normalized spacial score (nSPS) is 17.1. The lowest BCUT2D eigenvalue weighted by Gasteiger charge is -2.40. The molecule has 1 saturated carbocycles. The molecule has 0 aliphatic heterocycles. The summed E-state index contributed by atoms with van der Waals surface area (Å²) in [5.74, 6) is -1.02. The van der Waals surface area contributed by atoms with Gasteiger partial charge in [0.15, 0.2) is 0 Å². The third kappa shape index (κ3) is 3.25. The van der Waals surface area contributed by atoms with Crippen LogP contribution in [0.1, 0.15) is 26.2 Å². The average molecular weight is 226 g/mol. The maximum absolute atomic E-state index is 11.8. The molecule has 0 spiro atoms. The van der Waals surface area contributed by atoms with E-state index in [-0.39, 0.29) is 24.7 Å². The molecule has 1 fully saturated rings. The van der Waals surface area contributed by atoms with Crippen molar-refractivity contribution in [3.8, 4) is 0 Å². The van der Waals surface area contributed by atoms with Gasteiger partial charge in [-0.25, -0.2) is 4.79 Å².